The average Bonchev–Trinajstić information content (AvgIpc) is 2.89. The average molecular weight is 270 g/mol. The predicted octanol–water partition coefficient (Wildman–Crippen LogP) is 2.54. The van der Waals surface area contributed by atoms with Crippen LogP contribution < -0.4 is 0 Å². The van der Waals surface area contributed by atoms with Gasteiger partial charge in [-0.2, -0.15) is 0 Å². The summed E-state index contributed by atoms with van der Waals surface area (Å²) in [5.41, 5.74) is 3.31. The monoisotopic (exact) mass is 270 g/mol. The summed E-state index contributed by atoms with van der Waals surface area (Å²) in [5, 5.41) is 19.1. The van der Waals surface area contributed by atoms with Crippen molar-refractivity contribution in [3.8, 4) is 11.1 Å². The molecule has 0 unspecified atom stereocenters. The van der Waals surface area contributed by atoms with Crippen molar-refractivity contribution >= 4 is 0 Å². The maximum atomic E-state index is 9.90. The Hall–Kier alpha value is -1.68. The fourth-order valence-electron chi connectivity index (χ4n) is 2.75. The third kappa shape index (κ3) is 2.48. The van der Waals surface area contributed by atoms with Gasteiger partial charge < -0.3 is 14.9 Å². The Kier molecular flexibility index (Phi) is 3.83. The second-order valence-electron chi connectivity index (χ2n) is 5.10. The van der Waals surface area contributed by atoms with Gasteiger partial charge >= 0.3 is 0 Å². The quantitative estimate of drug-likeness (QED) is 0.901. The Bertz CT molecular complexity index is 567. The van der Waals surface area contributed by atoms with E-state index in [0.29, 0.717) is 6.42 Å². The van der Waals surface area contributed by atoms with E-state index in [1.54, 1.807) is 0 Å². The summed E-state index contributed by atoms with van der Waals surface area (Å²) in [6.45, 7) is -0.148. The summed E-state index contributed by atoms with van der Waals surface area (Å²) in [6, 6.07) is 18.2. The molecule has 0 aliphatic carbocycles. The molecule has 2 aromatic carbocycles. The molecule has 0 saturated carbocycles. The number of rotatable bonds is 3. The first-order valence-electron chi connectivity index (χ1n) is 6.88. The second kappa shape index (κ2) is 5.75. The third-order valence-electron chi connectivity index (χ3n) is 3.80. The molecular formula is C17H18O3. The Labute approximate surface area is 118 Å². The predicted molar refractivity (Wildman–Crippen MR) is 77.2 cm³/mol. The largest absolute Gasteiger partial charge is 0.394 e. The molecular weight excluding hydrogens is 252 g/mol. The van der Waals surface area contributed by atoms with Crippen molar-refractivity contribution in [1.29, 1.82) is 0 Å². The van der Waals surface area contributed by atoms with Gasteiger partial charge in [-0.25, -0.2) is 0 Å². The van der Waals surface area contributed by atoms with Gasteiger partial charge in [-0.15, -0.1) is 0 Å². The third-order valence-corrected chi connectivity index (χ3v) is 3.80. The first-order chi connectivity index (χ1) is 9.79. The molecule has 3 rings (SSSR count). The molecule has 0 amide bonds. The van der Waals surface area contributed by atoms with Crippen molar-refractivity contribution in [1.82, 2.24) is 0 Å². The standard InChI is InChI=1S/C17H18O3/c18-11-17-15(19)10-16(20-17)14-9-5-4-8-13(14)12-6-2-1-3-7-12/h1-9,15-19H,10-11H2/t15-,16+,17+/m0/s1. The highest BCUT2D eigenvalue weighted by Gasteiger charge is 2.35. The molecule has 0 bridgehead atoms. The van der Waals surface area contributed by atoms with Crippen LogP contribution >= 0.6 is 0 Å². The van der Waals surface area contributed by atoms with E-state index in [1.165, 1.54) is 0 Å². The molecule has 3 nitrogen and oxygen atoms in total. The molecule has 1 saturated heterocycles. The summed E-state index contributed by atoms with van der Waals surface area (Å²) in [7, 11) is 0. The van der Waals surface area contributed by atoms with Crippen LogP contribution in [0.25, 0.3) is 11.1 Å². The lowest BCUT2D eigenvalue weighted by atomic mass is 9.94. The minimum Gasteiger partial charge on any atom is -0.394 e. The lowest BCUT2D eigenvalue weighted by Crippen LogP contribution is -2.24. The summed E-state index contributed by atoms with van der Waals surface area (Å²) < 4.78 is 5.77. The Morgan fingerprint density at radius 3 is 2.40 bits per heavy atom. The topological polar surface area (TPSA) is 49.7 Å². The highest BCUT2D eigenvalue weighted by Crippen LogP contribution is 2.37. The molecule has 104 valence electrons. The molecule has 1 fully saturated rings. The van der Waals surface area contributed by atoms with Crippen LogP contribution in [0.4, 0.5) is 0 Å². The van der Waals surface area contributed by atoms with E-state index in [4.69, 9.17) is 4.74 Å². The van der Waals surface area contributed by atoms with Crippen LogP contribution in [0.3, 0.4) is 0 Å². The van der Waals surface area contributed by atoms with E-state index in [1.807, 2.05) is 36.4 Å². The molecule has 1 aliphatic rings. The van der Waals surface area contributed by atoms with Crippen molar-refractivity contribution in [2.75, 3.05) is 6.61 Å². The molecule has 2 aromatic rings. The van der Waals surface area contributed by atoms with E-state index in [0.717, 1.165) is 16.7 Å². The van der Waals surface area contributed by atoms with Crippen molar-refractivity contribution in [2.45, 2.75) is 24.7 Å². The van der Waals surface area contributed by atoms with Crippen molar-refractivity contribution in [3.05, 3.63) is 60.2 Å². The first kappa shape index (κ1) is 13.3. The van der Waals surface area contributed by atoms with Crippen LogP contribution in [0.2, 0.25) is 0 Å². The van der Waals surface area contributed by atoms with E-state index in [-0.39, 0.29) is 12.7 Å². The molecule has 3 atom stereocenters. The normalized spacial score (nSPS) is 25.8. The first-order valence-corrected chi connectivity index (χ1v) is 6.88. The molecule has 0 spiro atoms. The summed E-state index contributed by atoms with van der Waals surface area (Å²) in [4.78, 5) is 0. The fraction of sp³-hybridized carbons (Fsp3) is 0.294. The highest BCUT2D eigenvalue weighted by atomic mass is 16.5. The van der Waals surface area contributed by atoms with Gasteiger partial charge in [0.2, 0.25) is 0 Å². The zero-order chi connectivity index (χ0) is 13.9. The van der Waals surface area contributed by atoms with E-state index in [9.17, 15) is 10.2 Å². The van der Waals surface area contributed by atoms with Crippen molar-refractivity contribution in [3.63, 3.8) is 0 Å². The van der Waals surface area contributed by atoms with E-state index < -0.39 is 12.2 Å². The summed E-state index contributed by atoms with van der Waals surface area (Å²) >= 11 is 0. The SMILES string of the molecule is OC[C@H]1O[C@@H](c2ccccc2-c2ccccc2)C[C@@H]1O. The van der Waals surface area contributed by atoms with E-state index >= 15 is 0 Å². The van der Waals surface area contributed by atoms with Crippen LogP contribution in [0.5, 0.6) is 0 Å². The van der Waals surface area contributed by atoms with Crippen LogP contribution in [0.15, 0.2) is 54.6 Å². The molecule has 0 radical (unpaired) electrons. The fourth-order valence-corrected chi connectivity index (χ4v) is 2.75. The van der Waals surface area contributed by atoms with Crippen LogP contribution in [0.1, 0.15) is 18.1 Å². The zero-order valence-electron chi connectivity index (χ0n) is 11.1. The maximum Gasteiger partial charge on any atom is 0.107 e. The highest BCUT2D eigenvalue weighted by molar-refractivity contribution is 5.67. The van der Waals surface area contributed by atoms with Gasteiger partial charge in [0.05, 0.1) is 18.8 Å². The van der Waals surface area contributed by atoms with Gasteiger partial charge in [-0.05, 0) is 16.7 Å². The van der Waals surface area contributed by atoms with Crippen LogP contribution in [0, 0.1) is 0 Å². The second-order valence-corrected chi connectivity index (χ2v) is 5.10. The van der Waals surface area contributed by atoms with Crippen LogP contribution in [-0.4, -0.2) is 29.0 Å². The number of ether oxygens (including phenoxy) is 1. The number of hydrogen-bond acceptors (Lipinski definition) is 3. The summed E-state index contributed by atoms with van der Waals surface area (Å²) in [6.07, 6.45) is -0.731. The van der Waals surface area contributed by atoms with Gasteiger partial charge in [0.15, 0.2) is 0 Å². The van der Waals surface area contributed by atoms with Gasteiger partial charge in [0.25, 0.3) is 0 Å². The molecule has 0 aromatic heterocycles. The Balaban J connectivity index is 1.95. The number of aliphatic hydroxyl groups excluding tert-OH is 2. The van der Waals surface area contributed by atoms with Crippen LogP contribution in [-0.2, 0) is 4.74 Å². The smallest absolute Gasteiger partial charge is 0.107 e. The lowest BCUT2D eigenvalue weighted by molar-refractivity contribution is -0.0224. The van der Waals surface area contributed by atoms with Crippen molar-refractivity contribution in [2.24, 2.45) is 0 Å². The van der Waals surface area contributed by atoms with Gasteiger partial charge in [-0.1, -0.05) is 54.6 Å². The minimum atomic E-state index is -0.603. The number of benzene rings is 2. The maximum absolute atomic E-state index is 9.90. The Morgan fingerprint density at radius 1 is 1.00 bits per heavy atom. The molecule has 3 heteroatoms. The molecule has 1 heterocycles. The lowest BCUT2D eigenvalue weighted by Gasteiger charge is -2.16. The van der Waals surface area contributed by atoms with E-state index in [2.05, 4.69) is 18.2 Å². The Morgan fingerprint density at radius 2 is 1.70 bits per heavy atom. The molecule has 2 N–H and O–H groups in total. The number of aliphatic hydroxyl groups is 2. The number of hydrogen-bond donors (Lipinski definition) is 2. The van der Waals surface area contributed by atoms with Gasteiger partial charge in [0, 0.05) is 6.42 Å². The minimum absolute atomic E-state index is 0.148. The molecule has 20 heavy (non-hydrogen) atoms. The van der Waals surface area contributed by atoms with Gasteiger partial charge in [-0.3, -0.25) is 0 Å². The molecule has 1 aliphatic heterocycles. The van der Waals surface area contributed by atoms with Crippen molar-refractivity contribution < 1.29 is 14.9 Å². The zero-order valence-corrected chi connectivity index (χ0v) is 11.1. The van der Waals surface area contributed by atoms with Gasteiger partial charge in [0.1, 0.15) is 6.10 Å². The summed E-state index contributed by atoms with van der Waals surface area (Å²) in [5.74, 6) is 0.